The lowest BCUT2D eigenvalue weighted by molar-refractivity contribution is -0.0543. The van der Waals surface area contributed by atoms with Crippen LogP contribution in [0.1, 0.15) is 51.0 Å². The van der Waals surface area contributed by atoms with Gasteiger partial charge in [0.15, 0.2) is 5.16 Å². The molecule has 1 aliphatic rings. The summed E-state index contributed by atoms with van der Waals surface area (Å²) < 4.78 is 6.12. The van der Waals surface area contributed by atoms with E-state index < -0.39 is 0 Å². The molecule has 0 aromatic carbocycles. The quantitative estimate of drug-likeness (QED) is 0.379. The molecule has 23 heavy (non-hydrogen) atoms. The lowest BCUT2D eigenvalue weighted by Crippen LogP contribution is -2.33. The van der Waals surface area contributed by atoms with Crippen LogP contribution >= 0.6 is 34.9 Å². The van der Waals surface area contributed by atoms with Gasteiger partial charge in [-0.3, -0.25) is 0 Å². The van der Waals surface area contributed by atoms with Crippen LogP contribution in [0.4, 0.5) is 0 Å². The number of thiophene rings is 1. The van der Waals surface area contributed by atoms with Crippen molar-refractivity contribution in [2.75, 3.05) is 11.5 Å². The largest absolute Gasteiger partial charge is 0.369 e. The topological polar surface area (TPSA) is 35.0 Å². The predicted molar refractivity (Wildman–Crippen MR) is 102 cm³/mol. The van der Waals surface area contributed by atoms with Gasteiger partial charge in [-0.25, -0.2) is 9.97 Å². The molecule has 0 unspecified atom stereocenters. The lowest BCUT2D eigenvalue weighted by Gasteiger charge is -2.33. The van der Waals surface area contributed by atoms with E-state index in [4.69, 9.17) is 14.7 Å². The standard InChI is InChI=1S/C17H24N2OS3/c1-5-8-22-16-18-14(21-7-3)13-11-9-17(4,6-2)20-10-12(11)23-15(13)19-16/h5-10H2,1-4H3/t17-/m0/s1. The molecule has 0 saturated carbocycles. The van der Waals surface area contributed by atoms with Crippen LogP contribution < -0.4 is 0 Å². The molecule has 3 rings (SSSR count). The van der Waals surface area contributed by atoms with E-state index in [1.807, 2.05) is 11.8 Å². The first-order valence-electron chi connectivity index (χ1n) is 8.32. The van der Waals surface area contributed by atoms with Crippen molar-refractivity contribution in [3.05, 3.63) is 10.4 Å². The Morgan fingerprint density at radius 1 is 1.22 bits per heavy atom. The minimum absolute atomic E-state index is 0.0508. The van der Waals surface area contributed by atoms with Crippen LogP contribution in [0.15, 0.2) is 10.2 Å². The average Bonchev–Trinajstić information content (AvgIpc) is 2.90. The van der Waals surface area contributed by atoms with E-state index in [9.17, 15) is 0 Å². The van der Waals surface area contributed by atoms with E-state index in [-0.39, 0.29) is 5.60 Å². The van der Waals surface area contributed by atoms with Crippen molar-refractivity contribution in [1.29, 1.82) is 0 Å². The molecule has 0 N–H and O–H groups in total. The van der Waals surface area contributed by atoms with Gasteiger partial charge in [0.25, 0.3) is 0 Å². The summed E-state index contributed by atoms with van der Waals surface area (Å²) in [5.41, 5.74) is 1.38. The van der Waals surface area contributed by atoms with E-state index in [1.54, 1.807) is 23.1 Å². The third-order valence-corrected chi connectivity index (χ3v) is 7.26. The highest BCUT2D eigenvalue weighted by Crippen LogP contribution is 2.43. The number of fused-ring (bicyclic) bond motifs is 3. The summed E-state index contributed by atoms with van der Waals surface area (Å²) in [5, 5.41) is 3.38. The molecule has 3 nitrogen and oxygen atoms in total. The van der Waals surface area contributed by atoms with Gasteiger partial charge in [-0.2, -0.15) is 0 Å². The van der Waals surface area contributed by atoms with E-state index >= 15 is 0 Å². The summed E-state index contributed by atoms with van der Waals surface area (Å²) in [6.07, 6.45) is 3.15. The SMILES string of the molecule is CCCSc1nc(SCC)c2c3c(sc2n1)CO[C@@](C)(CC)C3. The van der Waals surface area contributed by atoms with Gasteiger partial charge >= 0.3 is 0 Å². The number of nitrogens with zero attached hydrogens (tertiary/aromatic N) is 2. The van der Waals surface area contributed by atoms with Crippen molar-refractivity contribution in [3.63, 3.8) is 0 Å². The molecule has 0 saturated heterocycles. The molecule has 0 spiro atoms. The maximum Gasteiger partial charge on any atom is 0.190 e. The highest BCUT2D eigenvalue weighted by atomic mass is 32.2. The van der Waals surface area contributed by atoms with E-state index in [1.165, 1.54) is 15.8 Å². The highest BCUT2D eigenvalue weighted by molar-refractivity contribution is 8.00. The number of rotatable bonds is 6. The van der Waals surface area contributed by atoms with Crippen molar-refractivity contribution >= 4 is 45.1 Å². The van der Waals surface area contributed by atoms with E-state index in [2.05, 4.69) is 27.7 Å². The Labute approximate surface area is 151 Å². The number of thioether (sulfide) groups is 2. The fourth-order valence-electron chi connectivity index (χ4n) is 2.75. The molecular weight excluding hydrogens is 344 g/mol. The minimum Gasteiger partial charge on any atom is -0.369 e. The van der Waals surface area contributed by atoms with E-state index in [0.717, 1.165) is 45.8 Å². The molecule has 2 aromatic rings. The van der Waals surface area contributed by atoms with Crippen molar-refractivity contribution in [2.24, 2.45) is 0 Å². The zero-order valence-electron chi connectivity index (χ0n) is 14.3. The smallest absolute Gasteiger partial charge is 0.190 e. The van der Waals surface area contributed by atoms with Gasteiger partial charge in [-0.05, 0) is 31.1 Å². The Kier molecular flexibility index (Phi) is 5.56. The molecule has 2 aromatic heterocycles. The molecule has 1 atom stereocenters. The molecule has 0 fully saturated rings. The second kappa shape index (κ2) is 7.30. The van der Waals surface area contributed by atoms with Gasteiger partial charge in [0.05, 0.1) is 12.2 Å². The Hall–Kier alpha value is -0.300. The Balaban J connectivity index is 2.09. The van der Waals surface area contributed by atoms with Gasteiger partial charge < -0.3 is 4.74 Å². The van der Waals surface area contributed by atoms with Gasteiger partial charge in [0.1, 0.15) is 9.86 Å². The second-order valence-electron chi connectivity index (χ2n) is 6.05. The van der Waals surface area contributed by atoms with Gasteiger partial charge in [0, 0.05) is 22.4 Å². The third kappa shape index (κ3) is 3.55. The van der Waals surface area contributed by atoms with Crippen LogP contribution in [0.5, 0.6) is 0 Å². The van der Waals surface area contributed by atoms with E-state index in [0.29, 0.717) is 6.61 Å². The molecule has 6 heteroatoms. The van der Waals surface area contributed by atoms with Gasteiger partial charge in [0.2, 0.25) is 0 Å². The van der Waals surface area contributed by atoms with Gasteiger partial charge in [-0.15, -0.1) is 23.1 Å². The van der Waals surface area contributed by atoms with Crippen LogP contribution in [-0.2, 0) is 17.8 Å². The second-order valence-corrected chi connectivity index (χ2v) is 9.44. The molecule has 0 aliphatic carbocycles. The maximum atomic E-state index is 6.12. The first-order valence-corrected chi connectivity index (χ1v) is 11.1. The Bertz CT molecular complexity index is 701. The monoisotopic (exact) mass is 368 g/mol. The summed E-state index contributed by atoms with van der Waals surface area (Å²) in [5.74, 6) is 2.11. The number of hydrogen-bond acceptors (Lipinski definition) is 6. The summed E-state index contributed by atoms with van der Waals surface area (Å²) in [7, 11) is 0. The third-order valence-electron chi connectivity index (χ3n) is 4.25. The van der Waals surface area contributed by atoms with Crippen LogP contribution in [-0.4, -0.2) is 27.1 Å². The highest BCUT2D eigenvalue weighted by Gasteiger charge is 2.33. The average molecular weight is 369 g/mol. The number of hydrogen-bond donors (Lipinski definition) is 0. The molecule has 0 bridgehead atoms. The van der Waals surface area contributed by atoms with Crippen LogP contribution in [0.2, 0.25) is 0 Å². The molecular formula is C17H24N2OS3. The van der Waals surface area contributed by atoms with Crippen molar-refractivity contribution in [1.82, 2.24) is 9.97 Å². The molecule has 126 valence electrons. The molecule has 0 radical (unpaired) electrons. The summed E-state index contributed by atoms with van der Waals surface area (Å²) in [6.45, 7) is 9.53. The predicted octanol–water partition coefficient (Wildman–Crippen LogP) is 5.55. The summed E-state index contributed by atoms with van der Waals surface area (Å²) >= 11 is 5.40. The number of ether oxygens (including phenoxy) is 1. The van der Waals surface area contributed by atoms with Crippen LogP contribution in [0.3, 0.4) is 0 Å². The first kappa shape index (κ1) is 17.5. The number of aromatic nitrogens is 2. The lowest BCUT2D eigenvalue weighted by atomic mass is 9.90. The Morgan fingerprint density at radius 2 is 2.04 bits per heavy atom. The summed E-state index contributed by atoms with van der Waals surface area (Å²) in [6, 6.07) is 0. The van der Waals surface area contributed by atoms with Crippen molar-refractivity contribution in [3.8, 4) is 0 Å². The summed E-state index contributed by atoms with van der Waals surface area (Å²) in [4.78, 5) is 12.2. The zero-order valence-corrected chi connectivity index (χ0v) is 16.7. The van der Waals surface area contributed by atoms with Crippen molar-refractivity contribution in [2.45, 2.75) is 69.3 Å². The zero-order chi connectivity index (χ0) is 16.4. The van der Waals surface area contributed by atoms with Gasteiger partial charge in [-0.1, -0.05) is 32.5 Å². The fourth-order valence-corrected chi connectivity index (χ4v) is 5.52. The van der Waals surface area contributed by atoms with Crippen molar-refractivity contribution < 1.29 is 4.74 Å². The van der Waals surface area contributed by atoms with Crippen LogP contribution in [0.25, 0.3) is 10.2 Å². The molecule has 3 heterocycles. The first-order chi connectivity index (χ1) is 11.1. The molecule has 0 amide bonds. The molecule has 1 aliphatic heterocycles. The fraction of sp³-hybridized carbons (Fsp3) is 0.647. The minimum atomic E-state index is -0.0508. The van der Waals surface area contributed by atoms with Crippen LogP contribution in [0, 0.1) is 0 Å². The normalized spacial score (nSPS) is 20.9. The maximum absolute atomic E-state index is 6.12. The Morgan fingerprint density at radius 3 is 2.74 bits per heavy atom.